The van der Waals surface area contributed by atoms with Crippen molar-refractivity contribution in [2.24, 2.45) is 22.4 Å². The molecule has 2 aromatic carbocycles. The zero-order valence-corrected chi connectivity index (χ0v) is 15.3. The highest BCUT2D eigenvalue weighted by atomic mass is 35.5. The first-order valence-electron chi connectivity index (χ1n) is 8.44. The van der Waals surface area contributed by atoms with Gasteiger partial charge in [0.25, 0.3) is 5.91 Å². The summed E-state index contributed by atoms with van der Waals surface area (Å²) in [5.74, 6) is -1.54. The molecule has 0 aromatic heterocycles. The standard InChI is InChI=1S/C19H20ClN5O2/c20-13-6-4-5-12(9-13)15-10-25(11-16(15)17(26)24-18(21)22)19(27)23-14-7-2-1-3-8-14/h1-9,15-16H,10-11H2,(H,23,27)(H4,21,22,24,26)/t15-,16+/m1/s1. The first kappa shape index (κ1) is 18.7. The molecule has 1 aliphatic rings. The van der Waals surface area contributed by atoms with Crippen LogP contribution in [-0.2, 0) is 4.79 Å². The van der Waals surface area contributed by atoms with Crippen LogP contribution in [0, 0.1) is 5.92 Å². The molecule has 8 heteroatoms. The number of amides is 3. The smallest absolute Gasteiger partial charge is 0.321 e. The van der Waals surface area contributed by atoms with Gasteiger partial charge >= 0.3 is 6.03 Å². The average molecular weight is 386 g/mol. The molecule has 2 aromatic rings. The van der Waals surface area contributed by atoms with Crippen molar-refractivity contribution in [2.75, 3.05) is 18.4 Å². The lowest BCUT2D eigenvalue weighted by Crippen LogP contribution is -2.34. The van der Waals surface area contributed by atoms with Gasteiger partial charge in [0.15, 0.2) is 5.96 Å². The Morgan fingerprint density at radius 3 is 2.48 bits per heavy atom. The van der Waals surface area contributed by atoms with E-state index in [1.165, 1.54) is 0 Å². The molecule has 1 aliphatic heterocycles. The normalized spacial score (nSPS) is 18.8. The maximum absolute atomic E-state index is 12.6. The number of rotatable bonds is 3. The first-order valence-corrected chi connectivity index (χ1v) is 8.82. The molecule has 7 nitrogen and oxygen atoms in total. The quantitative estimate of drug-likeness (QED) is 0.556. The number of para-hydroxylation sites is 1. The number of likely N-dealkylation sites (tertiary alicyclic amines) is 1. The highest BCUT2D eigenvalue weighted by Gasteiger charge is 2.40. The number of anilines is 1. The van der Waals surface area contributed by atoms with E-state index < -0.39 is 11.8 Å². The Balaban J connectivity index is 1.83. The number of carbonyl (C=O) groups excluding carboxylic acids is 2. The van der Waals surface area contributed by atoms with Crippen molar-refractivity contribution in [2.45, 2.75) is 5.92 Å². The molecular weight excluding hydrogens is 366 g/mol. The van der Waals surface area contributed by atoms with Gasteiger partial charge in [0.2, 0.25) is 0 Å². The van der Waals surface area contributed by atoms with Crippen molar-refractivity contribution >= 4 is 35.2 Å². The molecular formula is C19H20ClN5O2. The second kappa shape index (κ2) is 8.09. The molecule has 2 atom stereocenters. The first-order chi connectivity index (χ1) is 12.9. The van der Waals surface area contributed by atoms with Crippen LogP contribution in [0.1, 0.15) is 11.5 Å². The molecule has 1 fully saturated rings. The van der Waals surface area contributed by atoms with Crippen molar-refractivity contribution in [3.05, 3.63) is 65.2 Å². The SMILES string of the molecule is NC(N)=NC(=O)[C@H]1CN(C(=O)Nc2ccccc2)C[C@@H]1c1cccc(Cl)c1. The summed E-state index contributed by atoms with van der Waals surface area (Å²) in [6, 6.07) is 16.1. The number of hydrogen-bond acceptors (Lipinski definition) is 2. The van der Waals surface area contributed by atoms with Gasteiger partial charge in [-0.25, -0.2) is 4.79 Å². The minimum atomic E-state index is -0.549. The Morgan fingerprint density at radius 1 is 1.07 bits per heavy atom. The Kier molecular flexibility index (Phi) is 5.61. The van der Waals surface area contributed by atoms with Crippen LogP contribution in [0.4, 0.5) is 10.5 Å². The summed E-state index contributed by atoms with van der Waals surface area (Å²) in [6.07, 6.45) is 0. The van der Waals surface area contributed by atoms with Crippen molar-refractivity contribution in [3.8, 4) is 0 Å². The summed E-state index contributed by atoms with van der Waals surface area (Å²) in [6.45, 7) is 0.570. The van der Waals surface area contributed by atoms with Gasteiger partial charge in [-0.1, -0.05) is 41.9 Å². The van der Waals surface area contributed by atoms with Crippen LogP contribution in [0.5, 0.6) is 0 Å². The maximum atomic E-state index is 12.6. The van der Waals surface area contributed by atoms with Gasteiger partial charge in [-0.15, -0.1) is 0 Å². The lowest BCUT2D eigenvalue weighted by molar-refractivity contribution is -0.121. The molecule has 3 rings (SSSR count). The van der Waals surface area contributed by atoms with Crippen LogP contribution in [0.15, 0.2) is 59.6 Å². The fraction of sp³-hybridized carbons (Fsp3) is 0.211. The minimum absolute atomic E-state index is 0.214. The van der Waals surface area contributed by atoms with Gasteiger partial charge < -0.3 is 21.7 Å². The molecule has 0 radical (unpaired) electrons. The highest BCUT2D eigenvalue weighted by molar-refractivity contribution is 6.30. The molecule has 0 saturated carbocycles. The predicted molar refractivity (Wildman–Crippen MR) is 106 cm³/mol. The van der Waals surface area contributed by atoms with E-state index in [1.54, 1.807) is 29.2 Å². The number of benzene rings is 2. The number of guanidine groups is 1. The van der Waals surface area contributed by atoms with E-state index in [1.807, 2.05) is 30.3 Å². The fourth-order valence-corrected chi connectivity index (χ4v) is 3.43. The van der Waals surface area contributed by atoms with Crippen LogP contribution >= 0.6 is 11.6 Å². The third-order valence-electron chi connectivity index (χ3n) is 4.47. The van der Waals surface area contributed by atoms with Crippen molar-refractivity contribution < 1.29 is 9.59 Å². The van der Waals surface area contributed by atoms with Gasteiger partial charge in [0.05, 0.1) is 5.92 Å². The van der Waals surface area contributed by atoms with Gasteiger partial charge in [-0.3, -0.25) is 4.79 Å². The third kappa shape index (κ3) is 4.57. The van der Waals surface area contributed by atoms with E-state index in [2.05, 4.69) is 10.3 Å². The van der Waals surface area contributed by atoms with Gasteiger partial charge in [-0.2, -0.15) is 4.99 Å². The number of nitrogens with one attached hydrogen (secondary N) is 1. The van der Waals surface area contributed by atoms with E-state index in [0.717, 1.165) is 5.56 Å². The molecule has 0 unspecified atom stereocenters. The summed E-state index contributed by atoms with van der Waals surface area (Å²) in [7, 11) is 0. The summed E-state index contributed by atoms with van der Waals surface area (Å²) in [5, 5.41) is 3.39. The number of urea groups is 1. The van der Waals surface area contributed by atoms with E-state index in [-0.39, 0.29) is 24.5 Å². The molecule has 27 heavy (non-hydrogen) atoms. The second-order valence-electron chi connectivity index (χ2n) is 6.34. The number of nitrogens with zero attached hydrogens (tertiary/aromatic N) is 2. The Bertz CT molecular complexity index is 867. The second-order valence-corrected chi connectivity index (χ2v) is 6.78. The van der Waals surface area contributed by atoms with Crippen molar-refractivity contribution in [1.82, 2.24) is 4.90 Å². The predicted octanol–water partition coefficient (Wildman–Crippen LogP) is 2.39. The van der Waals surface area contributed by atoms with E-state index in [4.69, 9.17) is 23.1 Å². The van der Waals surface area contributed by atoms with Crippen LogP contribution < -0.4 is 16.8 Å². The van der Waals surface area contributed by atoms with Crippen LogP contribution in [-0.4, -0.2) is 35.9 Å². The van der Waals surface area contributed by atoms with Crippen LogP contribution in [0.25, 0.3) is 0 Å². The number of halogens is 1. The number of hydrogen-bond donors (Lipinski definition) is 3. The van der Waals surface area contributed by atoms with E-state index in [0.29, 0.717) is 17.3 Å². The Morgan fingerprint density at radius 2 is 1.81 bits per heavy atom. The lowest BCUT2D eigenvalue weighted by atomic mass is 9.88. The molecule has 0 spiro atoms. The largest absolute Gasteiger partial charge is 0.370 e. The zero-order chi connectivity index (χ0) is 19.4. The lowest BCUT2D eigenvalue weighted by Gasteiger charge is -2.17. The molecule has 0 bridgehead atoms. The summed E-state index contributed by atoms with van der Waals surface area (Å²) in [5.41, 5.74) is 12.3. The summed E-state index contributed by atoms with van der Waals surface area (Å²) in [4.78, 5) is 30.4. The monoisotopic (exact) mass is 385 g/mol. The van der Waals surface area contributed by atoms with Crippen molar-refractivity contribution in [3.63, 3.8) is 0 Å². The summed E-state index contributed by atoms with van der Waals surface area (Å²) < 4.78 is 0. The fourth-order valence-electron chi connectivity index (χ4n) is 3.23. The van der Waals surface area contributed by atoms with Crippen LogP contribution in [0.2, 0.25) is 5.02 Å². The molecule has 1 saturated heterocycles. The summed E-state index contributed by atoms with van der Waals surface area (Å²) >= 11 is 6.10. The molecule has 5 N–H and O–H groups in total. The van der Waals surface area contributed by atoms with Crippen molar-refractivity contribution in [1.29, 1.82) is 0 Å². The Labute approximate surface area is 162 Å². The highest BCUT2D eigenvalue weighted by Crippen LogP contribution is 2.35. The van der Waals surface area contributed by atoms with Crippen LogP contribution in [0.3, 0.4) is 0 Å². The molecule has 140 valence electrons. The van der Waals surface area contributed by atoms with Gasteiger partial charge in [0.1, 0.15) is 0 Å². The molecule has 0 aliphatic carbocycles. The van der Waals surface area contributed by atoms with Gasteiger partial charge in [0, 0.05) is 29.7 Å². The Hall–Kier alpha value is -3.06. The van der Waals surface area contributed by atoms with E-state index in [9.17, 15) is 9.59 Å². The maximum Gasteiger partial charge on any atom is 0.321 e. The zero-order valence-electron chi connectivity index (χ0n) is 14.5. The topological polar surface area (TPSA) is 114 Å². The van der Waals surface area contributed by atoms with E-state index >= 15 is 0 Å². The number of aliphatic imine (C=N–C) groups is 1. The number of nitrogens with two attached hydrogens (primary N) is 2. The average Bonchev–Trinajstić information content (AvgIpc) is 3.08. The third-order valence-corrected chi connectivity index (χ3v) is 4.70. The number of carbonyl (C=O) groups is 2. The van der Waals surface area contributed by atoms with Gasteiger partial charge in [-0.05, 0) is 29.8 Å². The minimum Gasteiger partial charge on any atom is -0.370 e. The molecule has 1 heterocycles. The molecule has 3 amide bonds.